The Kier molecular flexibility index (Phi) is 3.52. The minimum absolute atomic E-state index is 0.0905. The van der Waals surface area contributed by atoms with Gasteiger partial charge in [-0.1, -0.05) is 15.9 Å². The summed E-state index contributed by atoms with van der Waals surface area (Å²) in [6.45, 7) is 0. The molecular weight excluding hydrogens is 270 g/mol. The number of hydrogen-bond acceptors (Lipinski definition) is 3. The Morgan fingerprint density at radius 1 is 1.50 bits per heavy atom. The highest BCUT2D eigenvalue weighted by molar-refractivity contribution is 9.08. The van der Waals surface area contributed by atoms with E-state index in [0.717, 1.165) is 5.56 Å². The van der Waals surface area contributed by atoms with E-state index in [2.05, 4.69) is 15.9 Å². The zero-order chi connectivity index (χ0) is 10.8. The number of rotatable bonds is 3. The Morgan fingerprint density at radius 2 is 2.14 bits per heavy atom. The van der Waals surface area contributed by atoms with Gasteiger partial charge in [0.15, 0.2) is 0 Å². The van der Waals surface area contributed by atoms with Crippen molar-refractivity contribution < 1.29 is 13.2 Å². The second-order valence-electron chi connectivity index (χ2n) is 2.65. The molecule has 0 saturated heterocycles. The minimum Gasteiger partial charge on any atom is -0.496 e. The Bertz CT molecular complexity index is 430. The lowest BCUT2D eigenvalue weighted by atomic mass is 10.2. The van der Waals surface area contributed by atoms with Crippen molar-refractivity contribution in [2.24, 2.45) is 5.14 Å². The number of sulfonamides is 1. The molecule has 0 bridgehead atoms. The van der Waals surface area contributed by atoms with Crippen molar-refractivity contribution >= 4 is 26.0 Å². The van der Waals surface area contributed by atoms with E-state index in [1.807, 2.05) is 0 Å². The molecule has 0 aliphatic heterocycles. The van der Waals surface area contributed by atoms with Crippen LogP contribution in [-0.2, 0) is 15.4 Å². The molecule has 0 aromatic heterocycles. The highest BCUT2D eigenvalue weighted by Gasteiger charge is 2.10. The first-order valence-electron chi connectivity index (χ1n) is 3.74. The van der Waals surface area contributed by atoms with Gasteiger partial charge in [0.25, 0.3) is 0 Å². The van der Waals surface area contributed by atoms with E-state index >= 15 is 0 Å². The van der Waals surface area contributed by atoms with E-state index in [4.69, 9.17) is 9.88 Å². The molecule has 4 nitrogen and oxygen atoms in total. The molecule has 0 spiro atoms. The number of primary sulfonamides is 1. The molecule has 78 valence electrons. The fourth-order valence-electron chi connectivity index (χ4n) is 1.04. The zero-order valence-electron chi connectivity index (χ0n) is 7.53. The van der Waals surface area contributed by atoms with Gasteiger partial charge in [-0.3, -0.25) is 0 Å². The highest BCUT2D eigenvalue weighted by Crippen LogP contribution is 2.23. The summed E-state index contributed by atoms with van der Waals surface area (Å²) in [6, 6.07) is 4.49. The van der Waals surface area contributed by atoms with Gasteiger partial charge in [-0.2, -0.15) is 0 Å². The number of alkyl halides is 1. The first-order chi connectivity index (χ1) is 6.49. The third kappa shape index (κ3) is 2.46. The van der Waals surface area contributed by atoms with E-state index in [-0.39, 0.29) is 4.90 Å². The van der Waals surface area contributed by atoms with Gasteiger partial charge in [-0.05, 0) is 18.2 Å². The van der Waals surface area contributed by atoms with Gasteiger partial charge in [-0.15, -0.1) is 0 Å². The molecule has 14 heavy (non-hydrogen) atoms. The molecule has 0 radical (unpaired) electrons. The topological polar surface area (TPSA) is 69.4 Å². The van der Waals surface area contributed by atoms with E-state index in [0.29, 0.717) is 11.1 Å². The smallest absolute Gasteiger partial charge is 0.238 e. The van der Waals surface area contributed by atoms with Crippen LogP contribution in [0.2, 0.25) is 0 Å². The number of methoxy groups -OCH3 is 1. The first kappa shape index (κ1) is 11.5. The highest BCUT2D eigenvalue weighted by atomic mass is 79.9. The molecular formula is C8H10BrNO3S. The van der Waals surface area contributed by atoms with Gasteiger partial charge in [-0.25, -0.2) is 13.6 Å². The monoisotopic (exact) mass is 279 g/mol. The molecule has 0 heterocycles. The number of ether oxygens (including phenoxy) is 1. The van der Waals surface area contributed by atoms with Crippen LogP contribution in [0.15, 0.2) is 23.1 Å². The third-order valence-corrected chi connectivity index (χ3v) is 3.24. The van der Waals surface area contributed by atoms with Crippen molar-refractivity contribution in [2.45, 2.75) is 10.2 Å². The van der Waals surface area contributed by atoms with E-state index in [9.17, 15) is 8.42 Å². The predicted molar refractivity (Wildman–Crippen MR) is 57.0 cm³/mol. The van der Waals surface area contributed by atoms with Crippen LogP contribution >= 0.6 is 15.9 Å². The van der Waals surface area contributed by atoms with Crippen molar-refractivity contribution in [1.29, 1.82) is 0 Å². The minimum atomic E-state index is -3.64. The lowest BCUT2D eigenvalue weighted by molar-refractivity contribution is 0.411. The summed E-state index contributed by atoms with van der Waals surface area (Å²) >= 11 is 3.23. The summed E-state index contributed by atoms with van der Waals surface area (Å²) in [5, 5.41) is 5.50. The van der Waals surface area contributed by atoms with E-state index < -0.39 is 10.0 Å². The van der Waals surface area contributed by atoms with Crippen LogP contribution < -0.4 is 9.88 Å². The molecule has 1 aromatic rings. The zero-order valence-corrected chi connectivity index (χ0v) is 9.93. The van der Waals surface area contributed by atoms with Crippen molar-refractivity contribution in [2.75, 3.05) is 7.11 Å². The van der Waals surface area contributed by atoms with Gasteiger partial charge in [0.2, 0.25) is 10.0 Å². The van der Waals surface area contributed by atoms with Crippen LogP contribution in [0.5, 0.6) is 5.75 Å². The number of nitrogens with two attached hydrogens (primary N) is 1. The molecule has 0 aliphatic carbocycles. The van der Waals surface area contributed by atoms with Crippen molar-refractivity contribution in [3.8, 4) is 5.75 Å². The maximum absolute atomic E-state index is 11.0. The standard InChI is InChI=1S/C8H10BrNO3S/c1-13-8-3-2-7(14(10,11)12)4-6(8)5-9/h2-4H,5H2,1H3,(H2,10,11,12). The molecule has 2 N–H and O–H groups in total. The lowest BCUT2D eigenvalue weighted by Crippen LogP contribution is -2.12. The number of hydrogen-bond donors (Lipinski definition) is 1. The first-order valence-corrected chi connectivity index (χ1v) is 6.41. The summed E-state index contributed by atoms with van der Waals surface area (Å²) in [6.07, 6.45) is 0. The molecule has 0 amide bonds. The molecule has 0 unspecified atom stereocenters. The van der Waals surface area contributed by atoms with Gasteiger partial charge < -0.3 is 4.74 Å². The van der Waals surface area contributed by atoms with Crippen molar-refractivity contribution in [3.05, 3.63) is 23.8 Å². The summed E-state index contributed by atoms with van der Waals surface area (Å²) in [7, 11) is -2.11. The quantitative estimate of drug-likeness (QED) is 0.847. The molecule has 1 aromatic carbocycles. The van der Waals surface area contributed by atoms with Crippen LogP contribution in [0.3, 0.4) is 0 Å². The van der Waals surface area contributed by atoms with Crippen LogP contribution in [0.4, 0.5) is 0 Å². The van der Waals surface area contributed by atoms with Gasteiger partial charge >= 0.3 is 0 Å². The molecule has 6 heteroatoms. The van der Waals surface area contributed by atoms with Crippen molar-refractivity contribution in [1.82, 2.24) is 0 Å². The summed E-state index contributed by atoms with van der Waals surface area (Å²) in [5.41, 5.74) is 0.749. The summed E-state index contributed by atoms with van der Waals surface area (Å²) < 4.78 is 27.1. The third-order valence-electron chi connectivity index (χ3n) is 1.72. The van der Waals surface area contributed by atoms with Gasteiger partial charge in [0, 0.05) is 10.9 Å². The van der Waals surface area contributed by atoms with Crippen molar-refractivity contribution in [3.63, 3.8) is 0 Å². The SMILES string of the molecule is COc1ccc(S(N)(=O)=O)cc1CBr. The second-order valence-corrected chi connectivity index (χ2v) is 4.77. The second kappa shape index (κ2) is 4.29. The van der Waals surface area contributed by atoms with E-state index in [1.54, 1.807) is 6.07 Å². The fourth-order valence-corrected chi connectivity index (χ4v) is 2.04. The molecule has 1 rings (SSSR count). The largest absolute Gasteiger partial charge is 0.496 e. The van der Waals surface area contributed by atoms with Crippen LogP contribution in [0.25, 0.3) is 0 Å². The van der Waals surface area contributed by atoms with Crippen LogP contribution in [-0.4, -0.2) is 15.5 Å². The average Bonchev–Trinajstić information content (AvgIpc) is 2.15. The van der Waals surface area contributed by atoms with E-state index in [1.165, 1.54) is 19.2 Å². The van der Waals surface area contributed by atoms with Crippen LogP contribution in [0.1, 0.15) is 5.56 Å². The fraction of sp³-hybridized carbons (Fsp3) is 0.250. The summed E-state index contributed by atoms with van der Waals surface area (Å²) in [5.74, 6) is 0.634. The molecule has 0 saturated carbocycles. The lowest BCUT2D eigenvalue weighted by Gasteiger charge is -2.07. The number of halogens is 1. The Hall–Kier alpha value is -0.590. The Balaban J connectivity index is 3.28. The average molecular weight is 280 g/mol. The molecule has 0 aliphatic rings. The maximum atomic E-state index is 11.0. The summed E-state index contributed by atoms with van der Waals surface area (Å²) in [4.78, 5) is 0.0905. The predicted octanol–water partition coefficient (Wildman–Crippen LogP) is 1.24. The van der Waals surface area contributed by atoms with Crippen LogP contribution in [0, 0.1) is 0 Å². The maximum Gasteiger partial charge on any atom is 0.238 e. The Labute approximate surface area is 91.2 Å². The molecule has 0 fully saturated rings. The number of benzene rings is 1. The Morgan fingerprint density at radius 3 is 2.57 bits per heavy atom. The van der Waals surface area contributed by atoms with Gasteiger partial charge in [0.05, 0.1) is 12.0 Å². The van der Waals surface area contributed by atoms with Gasteiger partial charge in [0.1, 0.15) is 5.75 Å². The molecule has 0 atom stereocenters. The normalized spacial score (nSPS) is 11.4.